The van der Waals surface area contributed by atoms with Crippen molar-refractivity contribution in [3.05, 3.63) is 29.6 Å². The Morgan fingerprint density at radius 1 is 1.47 bits per heavy atom. The summed E-state index contributed by atoms with van der Waals surface area (Å²) in [5.41, 5.74) is 7.33. The summed E-state index contributed by atoms with van der Waals surface area (Å²) in [4.78, 5) is 15.6. The summed E-state index contributed by atoms with van der Waals surface area (Å²) < 4.78 is 4.64. The second-order valence-electron chi connectivity index (χ2n) is 5.20. The maximum absolute atomic E-state index is 11.3. The lowest BCUT2D eigenvalue weighted by molar-refractivity contribution is 0.0600. The maximum atomic E-state index is 11.3. The van der Waals surface area contributed by atoms with Crippen molar-refractivity contribution in [2.75, 3.05) is 7.11 Å². The van der Waals surface area contributed by atoms with Crippen LogP contribution in [0, 0.1) is 0 Å². The first-order valence-electron chi connectivity index (χ1n) is 5.74. The zero-order chi connectivity index (χ0) is 12.7. The van der Waals surface area contributed by atoms with Crippen LogP contribution in [0.15, 0.2) is 18.3 Å². The van der Waals surface area contributed by atoms with Gasteiger partial charge in [0, 0.05) is 22.8 Å². The van der Waals surface area contributed by atoms with Crippen molar-refractivity contribution in [2.24, 2.45) is 5.73 Å². The van der Waals surface area contributed by atoms with Crippen molar-refractivity contribution in [3.63, 3.8) is 0 Å². The minimum atomic E-state index is -0.365. The second-order valence-corrected chi connectivity index (χ2v) is 5.20. The van der Waals surface area contributed by atoms with Gasteiger partial charge in [0.1, 0.15) is 0 Å². The average Bonchev–Trinajstić information content (AvgIpc) is 3.08. The SMILES string of the molecule is COC(=O)c1ccc(C(C)(C)C2(N)CC2)nc1. The lowest BCUT2D eigenvalue weighted by Crippen LogP contribution is -2.43. The number of nitrogens with zero attached hydrogens (tertiary/aromatic N) is 1. The van der Waals surface area contributed by atoms with Gasteiger partial charge in [0.15, 0.2) is 0 Å². The molecule has 1 aromatic rings. The van der Waals surface area contributed by atoms with Crippen LogP contribution in [0.5, 0.6) is 0 Å². The number of nitrogens with two attached hydrogens (primary N) is 1. The fraction of sp³-hybridized carbons (Fsp3) is 0.538. The van der Waals surface area contributed by atoms with Gasteiger partial charge in [0.25, 0.3) is 0 Å². The van der Waals surface area contributed by atoms with E-state index in [1.165, 1.54) is 7.11 Å². The summed E-state index contributed by atoms with van der Waals surface area (Å²) in [7, 11) is 1.36. The Hall–Kier alpha value is -1.42. The number of ether oxygens (including phenoxy) is 1. The van der Waals surface area contributed by atoms with E-state index in [0.717, 1.165) is 18.5 Å². The van der Waals surface area contributed by atoms with E-state index >= 15 is 0 Å². The van der Waals surface area contributed by atoms with E-state index in [1.807, 2.05) is 6.07 Å². The molecule has 1 saturated carbocycles. The van der Waals surface area contributed by atoms with Crippen molar-refractivity contribution >= 4 is 5.97 Å². The molecule has 0 saturated heterocycles. The van der Waals surface area contributed by atoms with Crippen LogP contribution >= 0.6 is 0 Å². The average molecular weight is 234 g/mol. The molecule has 17 heavy (non-hydrogen) atoms. The zero-order valence-corrected chi connectivity index (χ0v) is 10.5. The molecule has 1 aliphatic rings. The smallest absolute Gasteiger partial charge is 0.339 e. The summed E-state index contributed by atoms with van der Waals surface area (Å²) in [6.45, 7) is 4.19. The quantitative estimate of drug-likeness (QED) is 0.807. The number of rotatable bonds is 3. The number of pyridine rings is 1. The lowest BCUT2D eigenvalue weighted by atomic mass is 9.79. The molecule has 2 N–H and O–H groups in total. The molecular formula is C13H18N2O2. The third-order valence-corrected chi connectivity index (χ3v) is 3.86. The second kappa shape index (κ2) is 3.81. The molecule has 1 fully saturated rings. The number of carbonyl (C=O) groups is 1. The first-order valence-corrected chi connectivity index (χ1v) is 5.74. The molecule has 0 aliphatic heterocycles. The van der Waals surface area contributed by atoms with E-state index in [1.54, 1.807) is 12.3 Å². The summed E-state index contributed by atoms with van der Waals surface area (Å²) in [6.07, 6.45) is 3.61. The molecule has 2 rings (SSSR count). The number of hydrogen-bond donors (Lipinski definition) is 1. The maximum Gasteiger partial charge on any atom is 0.339 e. The van der Waals surface area contributed by atoms with Gasteiger partial charge in [-0.1, -0.05) is 13.8 Å². The Morgan fingerprint density at radius 3 is 2.53 bits per heavy atom. The zero-order valence-electron chi connectivity index (χ0n) is 10.5. The van der Waals surface area contributed by atoms with Gasteiger partial charge < -0.3 is 10.5 Å². The molecule has 92 valence electrons. The summed E-state index contributed by atoms with van der Waals surface area (Å²) >= 11 is 0. The molecular weight excluding hydrogens is 216 g/mol. The van der Waals surface area contributed by atoms with Gasteiger partial charge in [0.05, 0.1) is 12.7 Å². The van der Waals surface area contributed by atoms with Crippen molar-refractivity contribution < 1.29 is 9.53 Å². The predicted molar refractivity (Wildman–Crippen MR) is 64.8 cm³/mol. The molecule has 0 aromatic carbocycles. The van der Waals surface area contributed by atoms with Crippen LogP contribution in [0.2, 0.25) is 0 Å². The Labute approximate surface area is 101 Å². The van der Waals surface area contributed by atoms with Crippen molar-refractivity contribution in [2.45, 2.75) is 37.6 Å². The van der Waals surface area contributed by atoms with Gasteiger partial charge in [0.2, 0.25) is 0 Å². The van der Waals surface area contributed by atoms with E-state index in [9.17, 15) is 4.79 Å². The Morgan fingerprint density at radius 2 is 2.12 bits per heavy atom. The summed E-state index contributed by atoms with van der Waals surface area (Å²) in [5, 5.41) is 0. The highest BCUT2D eigenvalue weighted by Gasteiger charge is 2.52. The molecule has 1 heterocycles. The van der Waals surface area contributed by atoms with Crippen molar-refractivity contribution in [3.8, 4) is 0 Å². The van der Waals surface area contributed by atoms with Crippen LogP contribution in [0.3, 0.4) is 0 Å². The lowest BCUT2D eigenvalue weighted by Gasteiger charge is -2.31. The Bertz CT molecular complexity index is 433. The minimum absolute atomic E-state index is 0.146. The summed E-state index contributed by atoms with van der Waals surface area (Å²) in [5.74, 6) is -0.365. The van der Waals surface area contributed by atoms with Crippen LogP contribution < -0.4 is 5.73 Å². The van der Waals surface area contributed by atoms with Gasteiger partial charge in [-0.2, -0.15) is 0 Å². The van der Waals surface area contributed by atoms with Gasteiger partial charge in [-0.05, 0) is 25.0 Å². The molecule has 0 unspecified atom stereocenters. The third kappa shape index (κ3) is 1.93. The molecule has 0 atom stereocenters. The minimum Gasteiger partial charge on any atom is -0.465 e. The van der Waals surface area contributed by atoms with Crippen molar-refractivity contribution in [1.82, 2.24) is 4.98 Å². The number of hydrogen-bond acceptors (Lipinski definition) is 4. The highest BCUT2D eigenvalue weighted by Crippen LogP contribution is 2.48. The first kappa shape index (κ1) is 12.0. The van der Waals surface area contributed by atoms with E-state index in [-0.39, 0.29) is 16.9 Å². The fourth-order valence-corrected chi connectivity index (χ4v) is 2.02. The molecule has 1 aromatic heterocycles. The van der Waals surface area contributed by atoms with Crippen molar-refractivity contribution in [1.29, 1.82) is 0 Å². The van der Waals surface area contributed by atoms with Crippen LogP contribution in [0.25, 0.3) is 0 Å². The van der Waals surface area contributed by atoms with E-state index in [4.69, 9.17) is 5.73 Å². The normalized spacial score (nSPS) is 17.6. The van der Waals surface area contributed by atoms with Crippen LogP contribution in [-0.4, -0.2) is 23.6 Å². The summed E-state index contributed by atoms with van der Waals surface area (Å²) in [6, 6.07) is 3.60. The number of carbonyl (C=O) groups excluding carboxylic acids is 1. The van der Waals surface area contributed by atoms with Crippen LogP contribution in [0.1, 0.15) is 42.7 Å². The topological polar surface area (TPSA) is 65.2 Å². The first-order chi connectivity index (χ1) is 7.90. The van der Waals surface area contributed by atoms with Gasteiger partial charge in [-0.15, -0.1) is 0 Å². The van der Waals surface area contributed by atoms with Crippen LogP contribution in [0.4, 0.5) is 0 Å². The molecule has 4 heteroatoms. The standard InChI is InChI=1S/C13H18N2O2/c1-12(2,13(14)6-7-13)10-5-4-9(8-15-10)11(16)17-3/h4-5,8H,6-7,14H2,1-3H3. The van der Waals surface area contributed by atoms with Gasteiger partial charge in [-0.3, -0.25) is 4.98 Å². The largest absolute Gasteiger partial charge is 0.465 e. The predicted octanol–water partition coefficient (Wildman–Crippen LogP) is 1.64. The molecule has 0 radical (unpaired) electrons. The Balaban J connectivity index is 2.26. The number of esters is 1. The molecule has 0 amide bonds. The fourth-order valence-electron chi connectivity index (χ4n) is 2.02. The Kier molecular flexibility index (Phi) is 2.70. The van der Waals surface area contributed by atoms with E-state index in [0.29, 0.717) is 5.56 Å². The molecule has 4 nitrogen and oxygen atoms in total. The highest BCUT2D eigenvalue weighted by molar-refractivity contribution is 5.88. The molecule has 0 bridgehead atoms. The molecule has 0 spiro atoms. The highest BCUT2D eigenvalue weighted by atomic mass is 16.5. The molecule has 1 aliphatic carbocycles. The van der Waals surface area contributed by atoms with Gasteiger partial charge >= 0.3 is 5.97 Å². The number of aromatic nitrogens is 1. The number of methoxy groups -OCH3 is 1. The monoisotopic (exact) mass is 234 g/mol. The van der Waals surface area contributed by atoms with E-state index in [2.05, 4.69) is 23.6 Å². The van der Waals surface area contributed by atoms with E-state index < -0.39 is 0 Å². The van der Waals surface area contributed by atoms with Gasteiger partial charge in [-0.25, -0.2) is 4.79 Å². The third-order valence-electron chi connectivity index (χ3n) is 3.86. The van der Waals surface area contributed by atoms with Crippen LogP contribution in [-0.2, 0) is 10.2 Å².